The van der Waals surface area contributed by atoms with Gasteiger partial charge in [0.2, 0.25) is 0 Å². The van der Waals surface area contributed by atoms with E-state index >= 15 is 0 Å². The predicted octanol–water partition coefficient (Wildman–Crippen LogP) is 1.58. The van der Waals surface area contributed by atoms with E-state index in [0.29, 0.717) is 24.0 Å². The summed E-state index contributed by atoms with van der Waals surface area (Å²) >= 11 is 0. The van der Waals surface area contributed by atoms with Crippen LogP contribution in [0.3, 0.4) is 0 Å². The molecule has 2 heterocycles. The number of rotatable bonds is 10. The first-order chi connectivity index (χ1) is 12.8. The normalized spacial score (nSPS) is 38.1. The van der Waals surface area contributed by atoms with Crippen molar-refractivity contribution < 1.29 is 18.9 Å². The van der Waals surface area contributed by atoms with Crippen molar-refractivity contribution in [2.75, 3.05) is 53.6 Å². The highest BCUT2D eigenvalue weighted by molar-refractivity contribution is 4.90. The monoisotopic (exact) mass is 370 g/mol. The highest BCUT2D eigenvalue weighted by Gasteiger charge is 2.38. The van der Waals surface area contributed by atoms with E-state index in [1.807, 2.05) is 14.2 Å². The van der Waals surface area contributed by atoms with Gasteiger partial charge in [0.15, 0.2) is 0 Å². The molecule has 26 heavy (non-hydrogen) atoms. The van der Waals surface area contributed by atoms with Crippen molar-refractivity contribution in [2.45, 2.75) is 62.9 Å². The van der Waals surface area contributed by atoms with Crippen molar-refractivity contribution in [1.29, 1.82) is 0 Å². The molecule has 6 nitrogen and oxygen atoms in total. The van der Waals surface area contributed by atoms with Crippen LogP contribution < -0.4 is 10.6 Å². The third-order valence-corrected chi connectivity index (χ3v) is 6.24. The Hall–Kier alpha value is -0.240. The van der Waals surface area contributed by atoms with Crippen molar-refractivity contribution in [3.05, 3.63) is 0 Å². The number of methoxy groups -OCH3 is 2. The van der Waals surface area contributed by atoms with Crippen molar-refractivity contribution >= 4 is 0 Å². The van der Waals surface area contributed by atoms with Crippen LogP contribution in [0.2, 0.25) is 0 Å². The van der Waals surface area contributed by atoms with Gasteiger partial charge in [-0.3, -0.25) is 0 Å². The van der Waals surface area contributed by atoms with Crippen molar-refractivity contribution in [1.82, 2.24) is 10.6 Å². The van der Waals surface area contributed by atoms with E-state index < -0.39 is 0 Å². The zero-order valence-electron chi connectivity index (χ0n) is 16.6. The van der Waals surface area contributed by atoms with Gasteiger partial charge in [-0.1, -0.05) is 0 Å². The van der Waals surface area contributed by atoms with Crippen LogP contribution in [0, 0.1) is 11.8 Å². The smallest absolute Gasteiger partial charge is 0.0873 e. The summed E-state index contributed by atoms with van der Waals surface area (Å²) in [6, 6.07) is 0. The molecule has 0 radical (unpaired) electrons. The Morgan fingerprint density at radius 3 is 2.00 bits per heavy atom. The summed E-state index contributed by atoms with van der Waals surface area (Å²) in [5.41, 5.74) is 0. The first-order valence-corrected chi connectivity index (χ1v) is 10.5. The lowest BCUT2D eigenvalue weighted by atomic mass is 9.77. The molecule has 3 aliphatic rings. The molecule has 1 aliphatic carbocycles. The predicted molar refractivity (Wildman–Crippen MR) is 101 cm³/mol. The molecule has 6 atom stereocenters. The molecule has 0 spiro atoms. The number of nitrogens with one attached hydrogen (secondary N) is 2. The van der Waals surface area contributed by atoms with Crippen LogP contribution in [0.15, 0.2) is 0 Å². The lowest BCUT2D eigenvalue weighted by Gasteiger charge is -2.41. The molecule has 2 aliphatic heterocycles. The summed E-state index contributed by atoms with van der Waals surface area (Å²) in [4.78, 5) is 0. The molecule has 6 unspecified atom stereocenters. The van der Waals surface area contributed by atoms with E-state index in [0.717, 1.165) is 45.8 Å². The van der Waals surface area contributed by atoms with Gasteiger partial charge in [-0.2, -0.15) is 0 Å². The zero-order valence-corrected chi connectivity index (χ0v) is 16.6. The fourth-order valence-electron chi connectivity index (χ4n) is 4.85. The lowest BCUT2D eigenvalue weighted by molar-refractivity contribution is -0.0995. The quantitative estimate of drug-likeness (QED) is 0.609. The van der Waals surface area contributed by atoms with Gasteiger partial charge in [-0.15, -0.1) is 0 Å². The SMILES string of the molecule is COC1CC(CNCC2CCCO2)CC(CNCC2CCCO2)C1OC. The van der Waals surface area contributed by atoms with Gasteiger partial charge in [0.25, 0.3) is 0 Å². The number of ether oxygens (including phenoxy) is 4. The van der Waals surface area contributed by atoms with Crippen LogP contribution in [0.5, 0.6) is 0 Å². The van der Waals surface area contributed by atoms with Crippen LogP contribution in [-0.2, 0) is 18.9 Å². The average molecular weight is 371 g/mol. The molecule has 152 valence electrons. The zero-order chi connectivity index (χ0) is 18.2. The molecular formula is C20H38N2O4. The van der Waals surface area contributed by atoms with Gasteiger partial charge in [-0.05, 0) is 51.0 Å². The van der Waals surface area contributed by atoms with Crippen LogP contribution in [0.4, 0.5) is 0 Å². The number of hydrogen-bond acceptors (Lipinski definition) is 6. The minimum Gasteiger partial charge on any atom is -0.379 e. The lowest BCUT2D eigenvalue weighted by Crippen LogP contribution is -2.49. The van der Waals surface area contributed by atoms with Crippen LogP contribution >= 0.6 is 0 Å². The van der Waals surface area contributed by atoms with Crippen molar-refractivity contribution in [2.24, 2.45) is 11.8 Å². The highest BCUT2D eigenvalue weighted by Crippen LogP contribution is 2.32. The molecule has 0 amide bonds. The second-order valence-corrected chi connectivity index (χ2v) is 8.16. The molecule has 0 bridgehead atoms. The Balaban J connectivity index is 1.44. The second-order valence-electron chi connectivity index (χ2n) is 8.16. The molecule has 3 fully saturated rings. The molecular weight excluding hydrogens is 332 g/mol. The molecule has 1 saturated carbocycles. The highest BCUT2D eigenvalue weighted by atomic mass is 16.5. The van der Waals surface area contributed by atoms with E-state index in [1.54, 1.807) is 0 Å². The van der Waals surface area contributed by atoms with Crippen LogP contribution in [0.25, 0.3) is 0 Å². The molecule has 2 saturated heterocycles. The fraction of sp³-hybridized carbons (Fsp3) is 1.00. The van der Waals surface area contributed by atoms with E-state index in [-0.39, 0.29) is 12.2 Å². The minimum absolute atomic E-state index is 0.173. The Bertz CT molecular complexity index is 386. The van der Waals surface area contributed by atoms with Crippen molar-refractivity contribution in [3.63, 3.8) is 0 Å². The molecule has 3 rings (SSSR count). The third kappa shape index (κ3) is 5.88. The summed E-state index contributed by atoms with van der Waals surface area (Å²) in [6.07, 6.45) is 8.17. The summed E-state index contributed by atoms with van der Waals surface area (Å²) in [5, 5.41) is 7.26. The average Bonchev–Trinajstić information content (AvgIpc) is 3.35. The van der Waals surface area contributed by atoms with Gasteiger partial charge >= 0.3 is 0 Å². The Kier molecular flexibility index (Phi) is 8.62. The largest absolute Gasteiger partial charge is 0.379 e. The standard InChI is InChI=1S/C20H38N2O4/c1-23-19-10-15(11-21-13-17-5-3-7-25-17)9-16(20(19)24-2)12-22-14-18-6-4-8-26-18/h15-22H,3-14H2,1-2H3. The Labute approximate surface area is 158 Å². The maximum atomic E-state index is 5.83. The first kappa shape index (κ1) is 20.5. The van der Waals surface area contributed by atoms with E-state index in [9.17, 15) is 0 Å². The van der Waals surface area contributed by atoms with E-state index in [4.69, 9.17) is 18.9 Å². The molecule has 6 heteroatoms. The van der Waals surface area contributed by atoms with Gasteiger partial charge in [0, 0.05) is 53.0 Å². The van der Waals surface area contributed by atoms with Crippen molar-refractivity contribution in [3.8, 4) is 0 Å². The first-order valence-electron chi connectivity index (χ1n) is 10.5. The summed E-state index contributed by atoms with van der Waals surface area (Å²) in [7, 11) is 3.63. The Morgan fingerprint density at radius 2 is 1.46 bits per heavy atom. The topological polar surface area (TPSA) is 61.0 Å². The molecule has 0 aromatic carbocycles. The van der Waals surface area contributed by atoms with E-state index in [2.05, 4.69) is 10.6 Å². The van der Waals surface area contributed by atoms with Gasteiger partial charge < -0.3 is 29.6 Å². The summed E-state index contributed by atoms with van der Waals surface area (Å²) < 4.78 is 23.0. The van der Waals surface area contributed by atoms with E-state index in [1.165, 1.54) is 32.1 Å². The minimum atomic E-state index is 0.173. The fourth-order valence-corrected chi connectivity index (χ4v) is 4.85. The van der Waals surface area contributed by atoms with Gasteiger partial charge in [0.1, 0.15) is 0 Å². The second kappa shape index (κ2) is 10.9. The summed E-state index contributed by atoms with van der Waals surface area (Å²) in [6.45, 7) is 5.78. The molecule has 0 aromatic heterocycles. The Morgan fingerprint density at radius 1 is 0.808 bits per heavy atom. The maximum absolute atomic E-state index is 5.83. The van der Waals surface area contributed by atoms with Crippen LogP contribution in [0.1, 0.15) is 38.5 Å². The third-order valence-electron chi connectivity index (χ3n) is 6.24. The van der Waals surface area contributed by atoms with Gasteiger partial charge in [-0.25, -0.2) is 0 Å². The summed E-state index contributed by atoms with van der Waals surface area (Å²) in [5.74, 6) is 1.11. The number of hydrogen-bond donors (Lipinski definition) is 2. The molecule has 2 N–H and O–H groups in total. The molecule has 0 aromatic rings. The van der Waals surface area contributed by atoms with Gasteiger partial charge in [0.05, 0.1) is 24.4 Å². The van der Waals surface area contributed by atoms with Crippen LogP contribution in [-0.4, -0.2) is 78.0 Å². The maximum Gasteiger partial charge on any atom is 0.0873 e.